The lowest BCUT2D eigenvalue weighted by molar-refractivity contribution is 0.144. The van der Waals surface area contributed by atoms with Gasteiger partial charge in [-0.1, -0.05) is 0 Å². The van der Waals surface area contributed by atoms with Gasteiger partial charge in [0.25, 0.3) is 6.43 Å². The molecule has 0 fully saturated rings. The molecule has 0 aliphatic carbocycles. The number of anilines is 1. The van der Waals surface area contributed by atoms with Gasteiger partial charge in [-0.15, -0.1) is 11.6 Å². The highest BCUT2D eigenvalue weighted by Gasteiger charge is 2.19. The Bertz CT molecular complexity index is 317. The van der Waals surface area contributed by atoms with Crippen LogP contribution in [0.15, 0.2) is 6.20 Å². The molecule has 1 rings (SSSR count). The van der Waals surface area contributed by atoms with Crippen LogP contribution in [-0.4, -0.2) is 4.98 Å². The molecule has 0 atom stereocenters. The molecule has 0 amide bonds. The SMILES string of the molecule is Nc1cnc(C(F)F)c(CCl)c1F. The van der Waals surface area contributed by atoms with Crippen LogP contribution in [0, 0.1) is 5.82 Å². The molecule has 13 heavy (non-hydrogen) atoms. The van der Waals surface area contributed by atoms with Crippen LogP contribution in [-0.2, 0) is 5.88 Å². The molecular weight excluding hydrogens is 205 g/mol. The van der Waals surface area contributed by atoms with Gasteiger partial charge < -0.3 is 5.73 Å². The monoisotopic (exact) mass is 210 g/mol. The van der Waals surface area contributed by atoms with Crippen LogP contribution < -0.4 is 5.73 Å². The van der Waals surface area contributed by atoms with Crippen molar-refractivity contribution in [2.75, 3.05) is 5.73 Å². The summed E-state index contributed by atoms with van der Waals surface area (Å²) in [6.45, 7) is 0. The van der Waals surface area contributed by atoms with E-state index in [1.807, 2.05) is 0 Å². The Hall–Kier alpha value is -0.970. The van der Waals surface area contributed by atoms with Crippen LogP contribution in [0.2, 0.25) is 0 Å². The largest absolute Gasteiger partial charge is 0.395 e. The lowest BCUT2D eigenvalue weighted by Crippen LogP contribution is -2.04. The van der Waals surface area contributed by atoms with E-state index in [9.17, 15) is 13.2 Å². The fraction of sp³-hybridized carbons (Fsp3) is 0.286. The van der Waals surface area contributed by atoms with E-state index in [4.69, 9.17) is 17.3 Å². The number of halogens is 4. The average molecular weight is 211 g/mol. The van der Waals surface area contributed by atoms with Crippen LogP contribution in [0.3, 0.4) is 0 Å². The van der Waals surface area contributed by atoms with Crippen molar-refractivity contribution in [3.63, 3.8) is 0 Å². The Kier molecular flexibility index (Phi) is 2.98. The van der Waals surface area contributed by atoms with Crippen molar-refractivity contribution in [1.82, 2.24) is 4.98 Å². The van der Waals surface area contributed by atoms with Crippen LogP contribution in [0.4, 0.5) is 18.9 Å². The van der Waals surface area contributed by atoms with Gasteiger partial charge in [0.1, 0.15) is 5.69 Å². The van der Waals surface area contributed by atoms with Crippen molar-refractivity contribution in [2.45, 2.75) is 12.3 Å². The zero-order chi connectivity index (χ0) is 10.0. The number of alkyl halides is 3. The Morgan fingerprint density at radius 2 is 2.15 bits per heavy atom. The minimum atomic E-state index is -2.84. The molecule has 0 radical (unpaired) electrons. The minimum Gasteiger partial charge on any atom is -0.395 e. The molecule has 0 bridgehead atoms. The summed E-state index contributed by atoms with van der Waals surface area (Å²) in [5.41, 5.74) is 3.86. The van der Waals surface area contributed by atoms with Gasteiger partial charge in [0.2, 0.25) is 0 Å². The first kappa shape index (κ1) is 10.1. The lowest BCUT2D eigenvalue weighted by Gasteiger charge is -2.07. The van der Waals surface area contributed by atoms with Gasteiger partial charge in [-0.3, -0.25) is 4.98 Å². The molecule has 0 aliphatic heterocycles. The number of pyridine rings is 1. The average Bonchev–Trinajstić information content (AvgIpc) is 2.09. The van der Waals surface area contributed by atoms with E-state index in [-0.39, 0.29) is 17.1 Å². The second-order valence-electron chi connectivity index (χ2n) is 2.33. The number of nitrogen functional groups attached to an aromatic ring is 1. The number of rotatable bonds is 2. The van der Waals surface area contributed by atoms with Crippen LogP contribution in [0.1, 0.15) is 17.7 Å². The van der Waals surface area contributed by atoms with Crippen molar-refractivity contribution in [1.29, 1.82) is 0 Å². The summed E-state index contributed by atoms with van der Waals surface area (Å²) in [7, 11) is 0. The molecule has 72 valence electrons. The quantitative estimate of drug-likeness (QED) is 0.762. The number of hydrogen-bond donors (Lipinski definition) is 1. The van der Waals surface area contributed by atoms with Gasteiger partial charge in [0, 0.05) is 5.56 Å². The third-order valence-electron chi connectivity index (χ3n) is 1.51. The maximum atomic E-state index is 13.0. The van der Waals surface area contributed by atoms with E-state index in [0.717, 1.165) is 6.20 Å². The van der Waals surface area contributed by atoms with E-state index in [2.05, 4.69) is 4.98 Å². The van der Waals surface area contributed by atoms with Crippen LogP contribution >= 0.6 is 11.6 Å². The maximum Gasteiger partial charge on any atom is 0.280 e. The predicted octanol–water partition coefficient (Wildman–Crippen LogP) is 2.48. The van der Waals surface area contributed by atoms with E-state index >= 15 is 0 Å². The van der Waals surface area contributed by atoms with Gasteiger partial charge in [0.15, 0.2) is 5.82 Å². The number of nitrogens with zero attached hydrogens (tertiary/aromatic N) is 1. The number of nitrogens with two attached hydrogens (primary N) is 1. The Morgan fingerprint density at radius 1 is 1.54 bits per heavy atom. The molecule has 1 heterocycles. The first-order valence-corrected chi connectivity index (χ1v) is 3.88. The highest BCUT2D eigenvalue weighted by atomic mass is 35.5. The molecular formula is C7H6ClF3N2. The molecule has 0 spiro atoms. The number of hydrogen-bond acceptors (Lipinski definition) is 2. The summed E-state index contributed by atoms with van der Waals surface area (Å²) in [6.07, 6.45) is -1.99. The molecule has 2 N–H and O–H groups in total. The molecule has 0 unspecified atom stereocenters. The molecule has 0 saturated carbocycles. The third kappa shape index (κ3) is 1.85. The fourth-order valence-electron chi connectivity index (χ4n) is 0.876. The standard InChI is InChI=1S/C7H6ClF3N2/c8-1-3-5(9)4(12)2-13-6(3)7(10)11/h2,7H,1,12H2. The predicted molar refractivity (Wildman–Crippen MR) is 43.1 cm³/mol. The van der Waals surface area contributed by atoms with Crippen molar-refractivity contribution in [2.24, 2.45) is 0 Å². The van der Waals surface area contributed by atoms with Crippen LogP contribution in [0.5, 0.6) is 0 Å². The highest BCUT2D eigenvalue weighted by Crippen LogP contribution is 2.26. The Labute approximate surface area is 77.5 Å². The smallest absolute Gasteiger partial charge is 0.280 e. The van der Waals surface area contributed by atoms with Gasteiger partial charge in [-0.2, -0.15) is 0 Å². The zero-order valence-corrected chi connectivity index (χ0v) is 7.15. The van der Waals surface area contributed by atoms with E-state index in [1.54, 1.807) is 0 Å². The molecule has 0 saturated heterocycles. The summed E-state index contributed by atoms with van der Waals surface area (Å²) < 4.78 is 37.4. The first-order valence-electron chi connectivity index (χ1n) is 3.34. The van der Waals surface area contributed by atoms with Crippen molar-refractivity contribution in [3.8, 4) is 0 Å². The molecule has 6 heteroatoms. The van der Waals surface area contributed by atoms with Gasteiger partial charge in [-0.25, -0.2) is 13.2 Å². The maximum absolute atomic E-state index is 13.0. The Balaban J connectivity index is 3.30. The molecule has 0 aliphatic rings. The number of aromatic nitrogens is 1. The second-order valence-corrected chi connectivity index (χ2v) is 2.59. The lowest BCUT2D eigenvalue weighted by atomic mass is 10.2. The first-order chi connectivity index (χ1) is 6.07. The second kappa shape index (κ2) is 3.83. The molecule has 2 nitrogen and oxygen atoms in total. The third-order valence-corrected chi connectivity index (χ3v) is 1.78. The van der Waals surface area contributed by atoms with Gasteiger partial charge >= 0.3 is 0 Å². The van der Waals surface area contributed by atoms with Gasteiger partial charge in [0.05, 0.1) is 17.8 Å². The normalized spacial score (nSPS) is 10.8. The Morgan fingerprint density at radius 3 is 2.62 bits per heavy atom. The minimum absolute atomic E-state index is 0.278. The summed E-state index contributed by atoms with van der Waals surface area (Å²) in [4.78, 5) is 3.31. The summed E-state index contributed by atoms with van der Waals surface area (Å²) in [5.74, 6) is -1.29. The van der Waals surface area contributed by atoms with E-state index in [1.165, 1.54) is 0 Å². The zero-order valence-electron chi connectivity index (χ0n) is 6.40. The van der Waals surface area contributed by atoms with Crippen molar-refractivity contribution < 1.29 is 13.2 Å². The van der Waals surface area contributed by atoms with Crippen LogP contribution in [0.25, 0.3) is 0 Å². The van der Waals surface area contributed by atoms with Crippen molar-refractivity contribution in [3.05, 3.63) is 23.3 Å². The molecule has 1 aromatic rings. The van der Waals surface area contributed by atoms with E-state index < -0.39 is 17.9 Å². The van der Waals surface area contributed by atoms with Gasteiger partial charge in [-0.05, 0) is 0 Å². The van der Waals surface area contributed by atoms with E-state index in [0.29, 0.717) is 0 Å². The molecule has 1 aromatic heterocycles. The summed E-state index contributed by atoms with van der Waals surface area (Å²) in [6, 6.07) is 0. The fourth-order valence-corrected chi connectivity index (χ4v) is 1.13. The van der Waals surface area contributed by atoms with Crippen molar-refractivity contribution >= 4 is 17.3 Å². The summed E-state index contributed by atoms with van der Waals surface area (Å²) >= 11 is 5.28. The summed E-state index contributed by atoms with van der Waals surface area (Å²) in [5, 5.41) is 0. The highest BCUT2D eigenvalue weighted by molar-refractivity contribution is 6.17. The molecule has 0 aromatic carbocycles. The topological polar surface area (TPSA) is 38.9 Å².